The molecule has 0 spiro atoms. The van der Waals surface area contributed by atoms with Crippen LogP contribution in [0.3, 0.4) is 0 Å². The largest absolute Gasteiger partial charge is 0.366 e. The highest BCUT2D eigenvalue weighted by Gasteiger charge is 2.33. The second-order valence-electron chi connectivity index (χ2n) is 5.26. The molecule has 1 aromatic rings. The summed E-state index contributed by atoms with van der Waals surface area (Å²) in [5.41, 5.74) is 7.79. The Kier molecular flexibility index (Phi) is 2.79. The van der Waals surface area contributed by atoms with E-state index in [-0.39, 0.29) is 5.82 Å². The van der Waals surface area contributed by atoms with Crippen molar-refractivity contribution in [3.05, 3.63) is 29.6 Å². The lowest BCUT2D eigenvalue weighted by Gasteiger charge is -2.44. The van der Waals surface area contributed by atoms with Crippen LogP contribution in [0.15, 0.2) is 18.2 Å². The van der Waals surface area contributed by atoms with Gasteiger partial charge in [0.25, 0.3) is 0 Å². The third-order valence-electron chi connectivity index (χ3n) is 4.26. The van der Waals surface area contributed by atoms with E-state index in [1.165, 1.54) is 5.56 Å². The summed E-state index contributed by atoms with van der Waals surface area (Å²) in [5, 5.41) is 0. The number of hydrogen-bond donors (Lipinski definition) is 1. The van der Waals surface area contributed by atoms with Crippen molar-refractivity contribution in [3.63, 3.8) is 0 Å². The van der Waals surface area contributed by atoms with E-state index >= 15 is 0 Å². The van der Waals surface area contributed by atoms with Gasteiger partial charge < -0.3 is 10.6 Å². The Morgan fingerprint density at radius 2 is 2.24 bits per heavy atom. The Hall–Kier alpha value is -1.09. The van der Waals surface area contributed by atoms with Crippen molar-refractivity contribution in [1.29, 1.82) is 0 Å². The lowest BCUT2D eigenvalue weighted by molar-refractivity contribution is 0.325. The number of hydrogen-bond acceptors (Lipinski definition) is 2. The van der Waals surface area contributed by atoms with Gasteiger partial charge in [-0.2, -0.15) is 0 Å². The summed E-state index contributed by atoms with van der Waals surface area (Å²) in [6, 6.07) is 5.96. The minimum absolute atomic E-state index is 0.0570. The first-order chi connectivity index (χ1) is 8.29. The standard InChI is InChI=1S/C14H19FN2/c15-13-3-1-2-11-4-5-12-8-10(9-16)6-7-17(12)14(11)13/h1-3,10,12H,4-9,16H2. The maximum Gasteiger partial charge on any atom is 0.146 e. The van der Waals surface area contributed by atoms with Gasteiger partial charge in [0.1, 0.15) is 5.82 Å². The van der Waals surface area contributed by atoms with E-state index in [1.807, 2.05) is 6.07 Å². The van der Waals surface area contributed by atoms with E-state index in [2.05, 4.69) is 11.0 Å². The number of benzene rings is 1. The van der Waals surface area contributed by atoms with Crippen LogP contribution < -0.4 is 10.6 Å². The average Bonchev–Trinajstić information content (AvgIpc) is 2.38. The summed E-state index contributed by atoms with van der Waals surface area (Å²) >= 11 is 0. The first-order valence-corrected chi connectivity index (χ1v) is 6.53. The van der Waals surface area contributed by atoms with Gasteiger partial charge in [0.05, 0.1) is 5.69 Å². The molecule has 0 radical (unpaired) electrons. The van der Waals surface area contributed by atoms with Crippen molar-refractivity contribution < 1.29 is 4.39 Å². The number of aryl methyl sites for hydroxylation is 1. The van der Waals surface area contributed by atoms with Gasteiger partial charge in [-0.15, -0.1) is 0 Å². The summed E-state index contributed by atoms with van der Waals surface area (Å²) < 4.78 is 14.0. The zero-order chi connectivity index (χ0) is 11.8. The summed E-state index contributed by atoms with van der Waals surface area (Å²) in [7, 11) is 0. The zero-order valence-corrected chi connectivity index (χ0v) is 10.0. The normalized spacial score (nSPS) is 27.5. The molecule has 2 atom stereocenters. The molecule has 2 nitrogen and oxygen atoms in total. The number of fused-ring (bicyclic) bond motifs is 3. The molecule has 2 aliphatic rings. The van der Waals surface area contributed by atoms with E-state index in [0.717, 1.165) is 44.5 Å². The van der Waals surface area contributed by atoms with Crippen LogP contribution in [0.5, 0.6) is 0 Å². The van der Waals surface area contributed by atoms with Crippen LogP contribution in [0.4, 0.5) is 10.1 Å². The second-order valence-corrected chi connectivity index (χ2v) is 5.26. The predicted molar refractivity (Wildman–Crippen MR) is 67.6 cm³/mol. The predicted octanol–water partition coefficient (Wildman–Crippen LogP) is 2.32. The Morgan fingerprint density at radius 1 is 1.35 bits per heavy atom. The van der Waals surface area contributed by atoms with Gasteiger partial charge in [0, 0.05) is 12.6 Å². The third kappa shape index (κ3) is 1.82. The van der Waals surface area contributed by atoms with Gasteiger partial charge in [-0.1, -0.05) is 12.1 Å². The SMILES string of the molecule is NCC1CCN2c3c(F)cccc3CCC2C1. The molecule has 2 heterocycles. The minimum atomic E-state index is -0.0570. The lowest BCUT2D eigenvalue weighted by atomic mass is 9.84. The van der Waals surface area contributed by atoms with Crippen molar-refractivity contribution in [2.75, 3.05) is 18.0 Å². The molecule has 1 fully saturated rings. The number of nitrogens with zero attached hydrogens (tertiary/aromatic N) is 1. The minimum Gasteiger partial charge on any atom is -0.366 e. The molecule has 2 aliphatic heterocycles. The fraction of sp³-hybridized carbons (Fsp3) is 0.571. The van der Waals surface area contributed by atoms with E-state index in [4.69, 9.17) is 5.73 Å². The van der Waals surface area contributed by atoms with Crippen molar-refractivity contribution in [2.24, 2.45) is 11.7 Å². The fourth-order valence-corrected chi connectivity index (χ4v) is 3.32. The molecule has 3 heteroatoms. The molecule has 3 rings (SSSR count). The summed E-state index contributed by atoms with van der Waals surface area (Å²) in [6.45, 7) is 1.73. The molecule has 1 aromatic carbocycles. The quantitative estimate of drug-likeness (QED) is 0.808. The monoisotopic (exact) mass is 234 g/mol. The van der Waals surface area contributed by atoms with Crippen LogP contribution in [0.1, 0.15) is 24.8 Å². The molecule has 1 saturated heterocycles. The van der Waals surface area contributed by atoms with Crippen LogP contribution in [-0.2, 0) is 6.42 Å². The molecule has 17 heavy (non-hydrogen) atoms. The molecular formula is C14H19FN2. The first kappa shape index (κ1) is 11.0. The van der Waals surface area contributed by atoms with Gasteiger partial charge in [-0.3, -0.25) is 0 Å². The number of piperidine rings is 1. The van der Waals surface area contributed by atoms with Gasteiger partial charge in [-0.05, 0) is 49.8 Å². The average molecular weight is 234 g/mol. The van der Waals surface area contributed by atoms with Crippen molar-refractivity contribution in [1.82, 2.24) is 0 Å². The molecular weight excluding hydrogens is 215 g/mol. The van der Waals surface area contributed by atoms with Crippen LogP contribution in [0.2, 0.25) is 0 Å². The van der Waals surface area contributed by atoms with E-state index in [0.29, 0.717) is 12.0 Å². The fourth-order valence-electron chi connectivity index (χ4n) is 3.32. The molecule has 0 bridgehead atoms. The molecule has 0 saturated carbocycles. The number of rotatable bonds is 1. The molecule has 2 unspecified atom stereocenters. The Morgan fingerprint density at radius 3 is 3.06 bits per heavy atom. The zero-order valence-electron chi connectivity index (χ0n) is 10.0. The van der Waals surface area contributed by atoms with Gasteiger partial charge in [0.15, 0.2) is 0 Å². The topological polar surface area (TPSA) is 29.3 Å². The number of anilines is 1. The Bertz CT molecular complexity index is 419. The van der Waals surface area contributed by atoms with E-state index < -0.39 is 0 Å². The van der Waals surface area contributed by atoms with Crippen molar-refractivity contribution >= 4 is 5.69 Å². The van der Waals surface area contributed by atoms with Gasteiger partial charge >= 0.3 is 0 Å². The molecule has 92 valence electrons. The number of halogens is 1. The van der Waals surface area contributed by atoms with Crippen LogP contribution >= 0.6 is 0 Å². The summed E-state index contributed by atoms with van der Waals surface area (Å²) in [4.78, 5) is 2.28. The maximum absolute atomic E-state index is 14.0. The van der Waals surface area contributed by atoms with Crippen molar-refractivity contribution in [2.45, 2.75) is 31.7 Å². The van der Waals surface area contributed by atoms with Crippen LogP contribution in [-0.4, -0.2) is 19.1 Å². The summed E-state index contributed by atoms with van der Waals surface area (Å²) in [6.07, 6.45) is 4.38. The smallest absolute Gasteiger partial charge is 0.146 e. The lowest BCUT2D eigenvalue weighted by Crippen LogP contribution is -2.47. The molecule has 0 aliphatic carbocycles. The maximum atomic E-state index is 14.0. The second kappa shape index (κ2) is 4.30. The highest BCUT2D eigenvalue weighted by atomic mass is 19.1. The van der Waals surface area contributed by atoms with Crippen molar-refractivity contribution in [3.8, 4) is 0 Å². The molecule has 0 amide bonds. The Labute approximate surface area is 102 Å². The van der Waals surface area contributed by atoms with E-state index in [9.17, 15) is 4.39 Å². The van der Waals surface area contributed by atoms with Crippen LogP contribution in [0, 0.1) is 11.7 Å². The Balaban J connectivity index is 1.92. The first-order valence-electron chi connectivity index (χ1n) is 6.53. The highest BCUT2D eigenvalue weighted by Crippen LogP contribution is 2.38. The number of nitrogens with two attached hydrogens (primary N) is 1. The molecule has 0 aromatic heterocycles. The third-order valence-corrected chi connectivity index (χ3v) is 4.26. The van der Waals surface area contributed by atoms with Gasteiger partial charge in [0.2, 0.25) is 0 Å². The molecule has 2 N–H and O–H groups in total. The summed E-state index contributed by atoms with van der Waals surface area (Å²) in [5.74, 6) is 0.572. The highest BCUT2D eigenvalue weighted by molar-refractivity contribution is 5.58. The van der Waals surface area contributed by atoms with E-state index in [1.54, 1.807) is 6.07 Å². The number of para-hydroxylation sites is 1. The van der Waals surface area contributed by atoms with Gasteiger partial charge in [-0.25, -0.2) is 4.39 Å². The van der Waals surface area contributed by atoms with Crippen LogP contribution in [0.25, 0.3) is 0 Å².